The largest absolute Gasteiger partial charge is 0.497 e. The van der Waals surface area contributed by atoms with Crippen molar-refractivity contribution >= 4 is 16.6 Å². The normalized spacial score (nSPS) is 16.8. The zero-order chi connectivity index (χ0) is 17.9. The van der Waals surface area contributed by atoms with Crippen molar-refractivity contribution in [3.05, 3.63) is 60.3 Å². The number of H-pyrrole nitrogens is 1. The Morgan fingerprint density at radius 2 is 1.85 bits per heavy atom. The molecule has 0 aliphatic carbocycles. The van der Waals surface area contributed by atoms with Crippen molar-refractivity contribution in [2.75, 3.05) is 44.7 Å². The van der Waals surface area contributed by atoms with Gasteiger partial charge in [-0.05, 0) is 24.3 Å². The molecule has 136 valence electrons. The number of ether oxygens (including phenoxy) is 1. The van der Waals surface area contributed by atoms with Gasteiger partial charge in [-0.1, -0.05) is 18.2 Å². The highest BCUT2D eigenvalue weighted by molar-refractivity contribution is 5.84. The average molecular weight is 351 g/mol. The number of β-amino-alcohol motifs (C(OH)–C–C–N with tert-alkyl or cyclic N) is 1. The maximum Gasteiger partial charge on any atom is 0.120 e. The van der Waals surface area contributed by atoms with Crippen molar-refractivity contribution in [1.82, 2.24) is 9.88 Å². The van der Waals surface area contributed by atoms with Gasteiger partial charge in [0.05, 0.1) is 13.2 Å². The van der Waals surface area contributed by atoms with E-state index in [1.165, 1.54) is 5.69 Å². The van der Waals surface area contributed by atoms with Crippen LogP contribution in [0.25, 0.3) is 10.9 Å². The predicted octanol–water partition coefficient (Wildman–Crippen LogP) is 3.03. The van der Waals surface area contributed by atoms with Gasteiger partial charge in [0.2, 0.25) is 0 Å². The van der Waals surface area contributed by atoms with E-state index in [0.29, 0.717) is 6.54 Å². The van der Waals surface area contributed by atoms with E-state index in [4.69, 9.17) is 4.74 Å². The number of nitrogens with zero attached hydrogens (tertiary/aromatic N) is 2. The molecule has 1 fully saturated rings. The van der Waals surface area contributed by atoms with Crippen LogP contribution in [0.5, 0.6) is 5.75 Å². The SMILES string of the molecule is COc1ccc2c(C(O)CN3CCN(c4ccccc4)CC3)c[nH]c2c1. The fraction of sp³-hybridized carbons (Fsp3) is 0.333. The molecule has 3 aromatic rings. The fourth-order valence-electron chi connectivity index (χ4n) is 3.70. The molecule has 5 nitrogen and oxygen atoms in total. The third-order valence-electron chi connectivity index (χ3n) is 5.20. The summed E-state index contributed by atoms with van der Waals surface area (Å²) in [5.74, 6) is 0.817. The smallest absolute Gasteiger partial charge is 0.120 e. The highest BCUT2D eigenvalue weighted by Gasteiger charge is 2.21. The monoisotopic (exact) mass is 351 g/mol. The topological polar surface area (TPSA) is 51.7 Å². The molecule has 1 atom stereocenters. The van der Waals surface area contributed by atoms with E-state index in [2.05, 4.69) is 39.0 Å². The van der Waals surface area contributed by atoms with E-state index in [1.807, 2.05) is 30.5 Å². The molecule has 1 unspecified atom stereocenters. The van der Waals surface area contributed by atoms with Gasteiger partial charge in [-0.25, -0.2) is 0 Å². The summed E-state index contributed by atoms with van der Waals surface area (Å²) in [5, 5.41) is 11.8. The van der Waals surface area contributed by atoms with Crippen LogP contribution in [-0.4, -0.2) is 54.8 Å². The number of nitrogens with one attached hydrogen (secondary N) is 1. The minimum absolute atomic E-state index is 0.500. The van der Waals surface area contributed by atoms with Gasteiger partial charge in [-0.2, -0.15) is 0 Å². The molecular weight excluding hydrogens is 326 g/mol. The van der Waals surface area contributed by atoms with E-state index in [0.717, 1.165) is 48.4 Å². The van der Waals surface area contributed by atoms with E-state index < -0.39 is 6.10 Å². The summed E-state index contributed by atoms with van der Waals surface area (Å²) in [6, 6.07) is 16.4. The Morgan fingerprint density at radius 1 is 1.08 bits per heavy atom. The molecule has 2 N–H and O–H groups in total. The molecule has 4 rings (SSSR count). The van der Waals surface area contributed by atoms with Gasteiger partial charge in [-0.15, -0.1) is 0 Å². The molecule has 5 heteroatoms. The van der Waals surface area contributed by atoms with Crippen molar-refractivity contribution in [3.8, 4) is 5.75 Å². The number of rotatable bonds is 5. The van der Waals surface area contributed by atoms with Crippen molar-refractivity contribution in [3.63, 3.8) is 0 Å². The van der Waals surface area contributed by atoms with Gasteiger partial charge in [0.25, 0.3) is 0 Å². The first kappa shape index (κ1) is 16.9. The standard InChI is InChI=1S/C21H25N3O2/c1-26-17-7-8-18-19(14-22-20(18)13-17)21(25)15-23-9-11-24(12-10-23)16-5-3-2-4-6-16/h2-8,13-14,21-22,25H,9-12,15H2,1H3. The highest BCUT2D eigenvalue weighted by atomic mass is 16.5. The van der Waals surface area contributed by atoms with E-state index in [-0.39, 0.29) is 0 Å². The van der Waals surface area contributed by atoms with Crippen molar-refractivity contribution in [1.29, 1.82) is 0 Å². The van der Waals surface area contributed by atoms with E-state index in [9.17, 15) is 5.11 Å². The second kappa shape index (κ2) is 7.40. The van der Waals surface area contributed by atoms with Gasteiger partial charge in [0.1, 0.15) is 5.75 Å². The first-order valence-corrected chi connectivity index (χ1v) is 9.10. The lowest BCUT2D eigenvalue weighted by molar-refractivity contribution is 0.110. The zero-order valence-corrected chi connectivity index (χ0v) is 15.1. The molecule has 0 spiro atoms. The van der Waals surface area contributed by atoms with Gasteiger partial charge >= 0.3 is 0 Å². The Labute approximate surface area is 153 Å². The Morgan fingerprint density at radius 3 is 2.58 bits per heavy atom. The molecule has 26 heavy (non-hydrogen) atoms. The van der Waals surface area contributed by atoms with Crippen molar-refractivity contribution in [2.45, 2.75) is 6.10 Å². The lowest BCUT2D eigenvalue weighted by Gasteiger charge is -2.36. The Kier molecular flexibility index (Phi) is 4.82. The molecule has 0 amide bonds. The minimum atomic E-state index is -0.500. The minimum Gasteiger partial charge on any atom is -0.497 e. The summed E-state index contributed by atoms with van der Waals surface area (Å²) in [5.41, 5.74) is 3.22. The number of anilines is 1. The number of piperazine rings is 1. The zero-order valence-electron chi connectivity index (χ0n) is 15.1. The molecule has 1 aliphatic rings. The number of para-hydroxylation sites is 1. The molecule has 1 saturated heterocycles. The summed E-state index contributed by atoms with van der Waals surface area (Å²) in [6.07, 6.45) is 1.41. The number of aromatic amines is 1. The lowest BCUT2D eigenvalue weighted by atomic mass is 10.1. The van der Waals surface area contributed by atoms with Crippen molar-refractivity contribution in [2.24, 2.45) is 0 Å². The molecule has 0 bridgehead atoms. The van der Waals surface area contributed by atoms with E-state index in [1.54, 1.807) is 7.11 Å². The van der Waals surface area contributed by atoms with Crippen LogP contribution in [0.15, 0.2) is 54.7 Å². The van der Waals surface area contributed by atoms with Crippen LogP contribution in [-0.2, 0) is 0 Å². The third kappa shape index (κ3) is 3.41. The predicted molar refractivity (Wildman–Crippen MR) is 105 cm³/mol. The van der Waals surface area contributed by atoms with Crippen molar-refractivity contribution < 1.29 is 9.84 Å². The van der Waals surface area contributed by atoms with Crippen LogP contribution >= 0.6 is 0 Å². The summed E-state index contributed by atoms with van der Waals surface area (Å²) in [6.45, 7) is 4.55. The Hall–Kier alpha value is -2.50. The average Bonchev–Trinajstić information content (AvgIpc) is 3.12. The van der Waals surface area contributed by atoms with Crippen LogP contribution in [0.1, 0.15) is 11.7 Å². The third-order valence-corrected chi connectivity index (χ3v) is 5.20. The molecular formula is C21H25N3O2. The molecule has 1 aromatic heterocycles. The van der Waals surface area contributed by atoms with E-state index >= 15 is 0 Å². The van der Waals surface area contributed by atoms with Crippen LogP contribution in [0, 0.1) is 0 Å². The number of methoxy groups -OCH3 is 1. The number of benzene rings is 2. The van der Waals surface area contributed by atoms with Crippen LogP contribution in [0.2, 0.25) is 0 Å². The number of fused-ring (bicyclic) bond motifs is 1. The number of aliphatic hydroxyl groups is 1. The quantitative estimate of drug-likeness (QED) is 0.742. The molecule has 0 radical (unpaired) electrons. The first-order chi connectivity index (χ1) is 12.7. The fourth-order valence-corrected chi connectivity index (χ4v) is 3.70. The summed E-state index contributed by atoms with van der Waals surface area (Å²) < 4.78 is 5.26. The number of aromatic nitrogens is 1. The molecule has 0 saturated carbocycles. The number of hydrogen-bond donors (Lipinski definition) is 2. The van der Waals surface area contributed by atoms with Gasteiger partial charge in [0, 0.05) is 67.1 Å². The maximum absolute atomic E-state index is 10.8. The first-order valence-electron chi connectivity index (χ1n) is 9.10. The van der Waals surface area contributed by atoms with Gasteiger partial charge < -0.3 is 19.7 Å². The Balaban J connectivity index is 1.39. The van der Waals surface area contributed by atoms with Gasteiger partial charge in [0.15, 0.2) is 0 Å². The summed E-state index contributed by atoms with van der Waals surface area (Å²) in [7, 11) is 1.66. The lowest BCUT2D eigenvalue weighted by Crippen LogP contribution is -2.47. The second-order valence-electron chi connectivity index (χ2n) is 6.79. The number of hydrogen-bond acceptors (Lipinski definition) is 4. The van der Waals surface area contributed by atoms with Gasteiger partial charge in [-0.3, -0.25) is 4.90 Å². The Bertz CT molecular complexity index is 854. The van der Waals surface area contributed by atoms with Crippen LogP contribution in [0.4, 0.5) is 5.69 Å². The highest BCUT2D eigenvalue weighted by Crippen LogP contribution is 2.28. The van der Waals surface area contributed by atoms with Crippen LogP contribution < -0.4 is 9.64 Å². The molecule has 1 aliphatic heterocycles. The summed E-state index contributed by atoms with van der Waals surface area (Å²) in [4.78, 5) is 7.99. The molecule has 2 aromatic carbocycles. The molecule has 2 heterocycles. The van der Waals surface area contributed by atoms with Crippen LogP contribution in [0.3, 0.4) is 0 Å². The maximum atomic E-state index is 10.8. The second-order valence-corrected chi connectivity index (χ2v) is 6.79. The number of aliphatic hydroxyl groups excluding tert-OH is 1. The summed E-state index contributed by atoms with van der Waals surface area (Å²) >= 11 is 0.